The SMILES string of the molecule is C/C=C/C(F)(F)c1cc(N2C(=O)C(C)(C)N(c3cc(F)c4nc(CC)nc(Cl)c4c3)C2=S)ccc1C#N. The minimum Gasteiger partial charge on any atom is -0.303 e. The van der Waals surface area contributed by atoms with Crippen LogP contribution in [0.2, 0.25) is 5.15 Å². The summed E-state index contributed by atoms with van der Waals surface area (Å²) in [6.45, 7) is 6.42. The van der Waals surface area contributed by atoms with Crippen molar-refractivity contribution in [1.82, 2.24) is 9.97 Å². The summed E-state index contributed by atoms with van der Waals surface area (Å²) < 4.78 is 44.8. The van der Waals surface area contributed by atoms with Crippen molar-refractivity contribution >= 4 is 57.1 Å². The predicted molar refractivity (Wildman–Crippen MR) is 140 cm³/mol. The Morgan fingerprint density at radius 3 is 2.54 bits per heavy atom. The van der Waals surface area contributed by atoms with Gasteiger partial charge in [-0.2, -0.15) is 14.0 Å². The zero-order valence-electron chi connectivity index (χ0n) is 20.3. The predicted octanol–water partition coefficient (Wildman–Crippen LogP) is 6.44. The van der Waals surface area contributed by atoms with Gasteiger partial charge in [0.2, 0.25) is 0 Å². The number of hydrogen-bond donors (Lipinski definition) is 0. The van der Waals surface area contributed by atoms with Crippen LogP contribution in [0.3, 0.4) is 0 Å². The molecule has 37 heavy (non-hydrogen) atoms. The first-order chi connectivity index (χ1) is 17.4. The first kappa shape index (κ1) is 26.5. The van der Waals surface area contributed by atoms with Crippen molar-refractivity contribution in [2.75, 3.05) is 9.80 Å². The molecule has 0 spiro atoms. The van der Waals surface area contributed by atoms with Gasteiger partial charge < -0.3 is 4.90 Å². The minimum absolute atomic E-state index is 0.0367. The van der Waals surface area contributed by atoms with Gasteiger partial charge in [-0.25, -0.2) is 14.4 Å². The highest BCUT2D eigenvalue weighted by atomic mass is 35.5. The molecule has 0 aliphatic carbocycles. The van der Waals surface area contributed by atoms with E-state index in [9.17, 15) is 18.8 Å². The number of carbonyl (C=O) groups is 1. The second-order valence-electron chi connectivity index (χ2n) is 8.89. The van der Waals surface area contributed by atoms with Crippen LogP contribution in [0.1, 0.15) is 44.6 Å². The van der Waals surface area contributed by atoms with Gasteiger partial charge in [0.05, 0.1) is 17.3 Å². The third-order valence-corrected chi connectivity index (χ3v) is 6.75. The van der Waals surface area contributed by atoms with Gasteiger partial charge in [0.15, 0.2) is 10.9 Å². The molecule has 0 unspecified atom stereocenters. The number of aromatic nitrogens is 2. The second kappa shape index (κ2) is 9.39. The number of hydrogen-bond acceptors (Lipinski definition) is 5. The Hall–Kier alpha value is -3.55. The number of benzene rings is 2. The van der Waals surface area contributed by atoms with Crippen LogP contribution in [0.5, 0.6) is 0 Å². The zero-order valence-corrected chi connectivity index (χ0v) is 21.9. The van der Waals surface area contributed by atoms with E-state index in [1.807, 2.05) is 6.92 Å². The number of rotatable bonds is 5. The summed E-state index contributed by atoms with van der Waals surface area (Å²) in [7, 11) is 0. The largest absolute Gasteiger partial charge is 0.303 e. The lowest BCUT2D eigenvalue weighted by Gasteiger charge is -2.29. The first-order valence-corrected chi connectivity index (χ1v) is 12.1. The molecular formula is C26H21ClF3N5OS. The van der Waals surface area contributed by atoms with Gasteiger partial charge in [-0.1, -0.05) is 24.6 Å². The molecule has 0 atom stereocenters. The molecule has 0 radical (unpaired) electrons. The monoisotopic (exact) mass is 543 g/mol. The molecule has 4 rings (SSSR count). The number of amides is 1. The maximum absolute atomic E-state index is 15.2. The number of fused-ring (bicyclic) bond motifs is 1. The summed E-state index contributed by atoms with van der Waals surface area (Å²) in [5.74, 6) is -4.27. The van der Waals surface area contributed by atoms with E-state index in [4.69, 9.17) is 23.8 Å². The standard InChI is InChI=1S/C26H21ClF3N5OS/c1-5-9-26(29,30)18-11-15(8-7-14(18)13-31)34-23(36)25(3,4)35(24(34)37)16-10-17-21(19(28)12-16)32-20(6-2)33-22(17)27/h5,7-12H,6H2,1-4H3/b9-5+. The molecule has 0 saturated carbocycles. The Morgan fingerprint density at radius 2 is 1.92 bits per heavy atom. The highest BCUT2D eigenvalue weighted by molar-refractivity contribution is 7.81. The van der Waals surface area contributed by atoms with Crippen molar-refractivity contribution in [3.63, 3.8) is 0 Å². The van der Waals surface area contributed by atoms with E-state index < -0.39 is 28.7 Å². The fourth-order valence-electron chi connectivity index (χ4n) is 4.27. The van der Waals surface area contributed by atoms with E-state index in [0.717, 1.165) is 11.0 Å². The average molecular weight is 544 g/mol. The number of anilines is 2. The molecule has 1 aliphatic heterocycles. The van der Waals surface area contributed by atoms with E-state index in [0.29, 0.717) is 18.3 Å². The molecule has 3 aromatic rings. The Bertz CT molecular complexity index is 1530. The van der Waals surface area contributed by atoms with Crippen LogP contribution in [0.25, 0.3) is 10.9 Å². The molecule has 11 heteroatoms. The third kappa shape index (κ3) is 4.32. The topological polar surface area (TPSA) is 73.1 Å². The molecule has 2 aromatic carbocycles. The van der Waals surface area contributed by atoms with Crippen molar-refractivity contribution in [3.05, 3.63) is 70.4 Å². The lowest BCUT2D eigenvalue weighted by molar-refractivity contribution is -0.120. The number of nitriles is 1. The van der Waals surface area contributed by atoms with Crippen molar-refractivity contribution < 1.29 is 18.0 Å². The van der Waals surface area contributed by atoms with Gasteiger partial charge in [0.25, 0.3) is 11.8 Å². The van der Waals surface area contributed by atoms with Crippen LogP contribution in [-0.4, -0.2) is 26.5 Å². The minimum atomic E-state index is -3.45. The Morgan fingerprint density at radius 1 is 1.22 bits per heavy atom. The molecule has 0 N–H and O–H groups in total. The summed E-state index contributed by atoms with van der Waals surface area (Å²) in [6, 6.07) is 8.15. The van der Waals surface area contributed by atoms with E-state index in [-0.39, 0.29) is 38.1 Å². The molecule has 1 aliphatic rings. The lowest BCUT2D eigenvalue weighted by Crippen LogP contribution is -2.44. The van der Waals surface area contributed by atoms with E-state index in [2.05, 4.69) is 9.97 Å². The first-order valence-electron chi connectivity index (χ1n) is 11.3. The maximum atomic E-state index is 15.2. The van der Waals surface area contributed by atoms with Crippen LogP contribution in [-0.2, 0) is 17.1 Å². The van der Waals surface area contributed by atoms with Gasteiger partial charge in [0.1, 0.15) is 22.0 Å². The van der Waals surface area contributed by atoms with Gasteiger partial charge in [-0.05, 0) is 69.4 Å². The Balaban J connectivity index is 1.86. The summed E-state index contributed by atoms with van der Waals surface area (Å²) in [4.78, 5) is 24.5. The molecule has 0 bridgehead atoms. The van der Waals surface area contributed by atoms with Crippen molar-refractivity contribution in [2.45, 2.75) is 45.6 Å². The third-order valence-electron chi connectivity index (χ3n) is 6.10. The van der Waals surface area contributed by atoms with Gasteiger partial charge in [-0.3, -0.25) is 9.69 Å². The Kier molecular flexibility index (Phi) is 6.73. The Labute approximate surface area is 222 Å². The number of halogens is 4. The van der Waals surface area contributed by atoms with Crippen LogP contribution in [0.15, 0.2) is 42.5 Å². The quantitative estimate of drug-likeness (QED) is 0.209. The van der Waals surface area contributed by atoms with Gasteiger partial charge in [-0.15, -0.1) is 0 Å². The number of allylic oxidation sites excluding steroid dienone is 2. The summed E-state index contributed by atoms with van der Waals surface area (Å²) in [5, 5.41) is 9.61. The van der Waals surface area contributed by atoms with Gasteiger partial charge >= 0.3 is 0 Å². The molecule has 1 aromatic heterocycles. The van der Waals surface area contributed by atoms with Crippen LogP contribution in [0, 0.1) is 17.1 Å². The molecule has 1 amide bonds. The smallest absolute Gasteiger partial charge is 0.293 e. The van der Waals surface area contributed by atoms with E-state index >= 15 is 4.39 Å². The van der Waals surface area contributed by atoms with Gasteiger partial charge in [0, 0.05) is 23.1 Å². The lowest BCUT2D eigenvalue weighted by atomic mass is 9.99. The highest BCUT2D eigenvalue weighted by Gasteiger charge is 2.51. The van der Waals surface area contributed by atoms with Crippen LogP contribution >= 0.6 is 23.8 Å². The highest BCUT2D eigenvalue weighted by Crippen LogP contribution is 2.41. The van der Waals surface area contributed by atoms with Crippen LogP contribution < -0.4 is 9.80 Å². The second-order valence-corrected chi connectivity index (χ2v) is 9.61. The van der Waals surface area contributed by atoms with Crippen molar-refractivity contribution in [2.24, 2.45) is 0 Å². The average Bonchev–Trinajstić information content (AvgIpc) is 3.02. The molecular weight excluding hydrogens is 523 g/mol. The summed E-state index contributed by atoms with van der Waals surface area (Å²) in [5.41, 5.74) is -1.80. The molecule has 2 heterocycles. The summed E-state index contributed by atoms with van der Waals surface area (Å²) >= 11 is 11.9. The number of alkyl halides is 2. The van der Waals surface area contributed by atoms with E-state index in [1.54, 1.807) is 19.9 Å². The summed E-state index contributed by atoms with van der Waals surface area (Å²) in [6.07, 6.45) is 2.31. The zero-order chi connectivity index (χ0) is 27.3. The maximum Gasteiger partial charge on any atom is 0.293 e. The normalized spacial score (nSPS) is 15.8. The number of thiocarbonyl (C=S) groups is 1. The molecule has 6 nitrogen and oxygen atoms in total. The molecule has 190 valence electrons. The number of aryl methyl sites for hydroxylation is 1. The number of carbonyl (C=O) groups excluding carboxylic acids is 1. The molecule has 1 saturated heterocycles. The molecule has 1 fully saturated rings. The van der Waals surface area contributed by atoms with Crippen molar-refractivity contribution in [3.8, 4) is 6.07 Å². The van der Waals surface area contributed by atoms with Crippen molar-refractivity contribution in [1.29, 1.82) is 5.26 Å². The van der Waals surface area contributed by atoms with E-state index in [1.165, 1.54) is 42.2 Å². The number of nitrogens with zero attached hydrogens (tertiary/aromatic N) is 5. The van der Waals surface area contributed by atoms with Crippen LogP contribution in [0.4, 0.5) is 24.5 Å². The fourth-order valence-corrected chi connectivity index (χ4v) is 5.03. The fraction of sp³-hybridized carbons (Fsp3) is 0.269.